The van der Waals surface area contributed by atoms with Crippen molar-refractivity contribution in [3.05, 3.63) is 52.1 Å². The number of nitrogens with two attached hydrogens (primary N) is 1. The SMILES string of the molecule is CCCCC.CO.COC1CC(NC=O)C/C=C/C=C(\C)Cc2cc(C)c(Cl)c(c2)N(C)C(=O)CCC2(C)OC2C1.C[C@@H](C(=O)O)N(C)C(=O)CCC(C)(C)SSCCCC(N)=O. The molecular weight excluding hydrogens is 864 g/mol. The van der Waals surface area contributed by atoms with Crippen LogP contribution in [0.25, 0.3) is 0 Å². The first kappa shape index (κ1) is 59.9. The molecule has 0 aromatic heterocycles. The number of primary amides is 1. The van der Waals surface area contributed by atoms with E-state index in [1.54, 1.807) is 40.6 Å². The smallest absolute Gasteiger partial charge is 0.326 e. The number of carboxylic acids is 1. The van der Waals surface area contributed by atoms with Crippen LogP contribution in [-0.2, 0) is 39.9 Å². The number of anilines is 1. The number of hydrogen-bond donors (Lipinski definition) is 4. The quantitative estimate of drug-likeness (QED) is 0.0536. The number of benzene rings is 1. The highest BCUT2D eigenvalue weighted by Crippen LogP contribution is 2.44. The second kappa shape index (κ2) is 31.7. The van der Waals surface area contributed by atoms with Gasteiger partial charge in [0.2, 0.25) is 24.1 Å². The number of carbonyl (C=O) groups excluding carboxylic acids is 4. The van der Waals surface area contributed by atoms with Crippen LogP contribution in [-0.4, -0.2) is 114 Å². The molecule has 0 aliphatic carbocycles. The fraction of sp³-hybridized carbons (Fsp3) is 0.681. The first-order valence-corrected chi connectivity index (χ1v) is 24.6. The molecule has 0 radical (unpaired) electrons. The maximum Gasteiger partial charge on any atom is 0.326 e. The van der Waals surface area contributed by atoms with Crippen LogP contribution in [0, 0.1) is 6.92 Å². The molecule has 4 amide bonds. The molecule has 1 fully saturated rings. The summed E-state index contributed by atoms with van der Waals surface area (Å²) >= 11 is 6.60. The molecule has 3 rings (SSSR count). The Morgan fingerprint density at radius 2 is 1.81 bits per heavy atom. The number of aryl methyl sites for hydroxylation is 1. The number of nitrogens with one attached hydrogen (secondary N) is 1. The predicted octanol–water partition coefficient (Wildman–Crippen LogP) is 8.84. The minimum absolute atomic E-state index is 0.0144. The fourth-order valence-electron chi connectivity index (χ4n) is 6.53. The summed E-state index contributed by atoms with van der Waals surface area (Å²) < 4.78 is 11.6. The Kier molecular flexibility index (Phi) is 30.2. The molecule has 1 aromatic carbocycles. The van der Waals surface area contributed by atoms with Crippen LogP contribution in [0.2, 0.25) is 5.02 Å². The Labute approximate surface area is 391 Å². The number of likely N-dealkylation sites (N-methyl/N-ethyl adjacent to an activating group) is 1. The van der Waals surface area contributed by atoms with Crippen LogP contribution in [0.4, 0.5) is 5.69 Å². The maximum atomic E-state index is 13.1. The van der Waals surface area contributed by atoms with Crippen LogP contribution in [0.1, 0.15) is 137 Å². The number of allylic oxidation sites excluding steroid dienone is 3. The van der Waals surface area contributed by atoms with E-state index >= 15 is 0 Å². The van der Waals surface area contributed by atoms with Gasteiger partial charge in [0.05, 0.1) is 28.5 Å². The van der Waals surface area contributed by atoms with Crippen LogP contribution in [0.15, 0.2) is 35.9 Å². The summed E-state index contributed by atoms with van der Waals surface area (Å²) in [5.41, 5.74) is 8.73. The molecule has 2 aliphatic rings. The number of aliphatic hydroxyl groups excluding tert-OH is 1. The number of nitrogens with zero attached hydrogens (tertiary/aromatic N) is 2. The van der Waals surface area contributed by atoms with Crippen LogP contribution >= 0.6 is 33.2 Å². The molecule has 2 bridgehead atoms. The van der Waals surface area contributed by atoms with Gasteiger partial charge in [-0.05, 0) is 97.3 Å². The molecule has 2 aliphatic heterocycles. The van der Waals surface area contributed by atoms with Gasteiger partial charge in [-0.2, -0.15) is 0 Å². The van der Waals surface area contributed by atoms with Gasteiger partial charge in [0.1, 0.15) is 6.04 Å². The van der Waals surface area contributed by atoms with Crippen molar-refractivity contribution in [3.63, 3.8) is 0 Å². The molecule has 2 heterocycles. The average Bonchev–Trinajstić information content (AvgIpc) is 3.89. The van der Waals surface area contributed by atoms with Gasteiger partial charge in [0.25, 0.3) is 0 Å². The Balaban J connectivity index is 0.00000114. The molecule has 63 heavy (non-hydrogen) atoms. The number of carboxylic acid groups (broad SMARTS) is 1. The van der Waals surface area contributed by atoms with Gasteiger partial charge in [-0.1, -0.05) is 96.2 Å². The van der Waals surface area contributed by atoms with Gasteiger partial charge in [-0.15, -0.1) is 0 Å². The predicted molar refractivity (Wildman–Crippen MR) is 261 cm³/mol. The van der Waals surface area contributed by atoms with Crippen LogP contribution < -0.4 is 16.0 Å². The summed E-state index contributed by atoms with van der Waals surface area (Å²) in [5.74, 6) is -0.607. The maximum absolute atomic E-state index is 13.1. The number of rotatable bonds is 16. The molecule has 16 heteroatoms. The van der Waals surface area contributed by atoms with E-state index < -0.39 is 12.0 Å². The zero-order chi connectivity index (χ0) is 48.3. The lowest BCUT2D eigenvalue weighted by Gasteiger charge is -2.26. The summed E-state index contributed by atoms with van der Waals surface area (Å²) in [6, 6.07) is 3.25. The van der Waals surface area contributed by atoms with E-state index in [1.165, 1.54) is 43.7 Å². The Hall–Kier alpha value is -3.08. The van der Waals surface area contributed by atoms with Crippen molar-refractivity contribution in [1.82, 2.24) is 10.2 Å². The number of ether oxygens (including phenoxy) is 2. The summed E-state index contributed by atoms with van der Waals surface area (Å²) in [7, 11) is 9.33. The first-order chi connectivity index (χ1) is 29.6. The molecule has 5 N–H and O–H groups in total. The van der Waals surface area contributed by atoms with Crippen molar-refractivity contribution >= 4 is 69.0 Å². The number of hydrogen-bond acceptors (Lipinski definition) is 10. The van der Waals surface area contributed by atoms with Gasteiger partial charge in [0.15, 0.2) is 0 Å². The number of epoxide rings is 1. The van der Waals surface area contributed by atoms with Crippen molar-refractivity contribution < 1.29 is 43.7 Å². The summed E-state index contributed by atoms with van der Waals surface area (Å²) in [6.07, 6.45) is 17.0. The molecule has 5 atom stereocenters. The summed E-state index contributed by atoms with van der Waals surface area (Å²) in [5, 5.41) is 19.4. The number of carbonyl (C=O) groups is 5. The Bertz CT molecular complexity index is 1630. The Morgan fingerprint density at radius 1 is 1.16 bits per heavy atom. The van der Waals surface area contributed by atoms with E-state index in [4.69, 9.17) is 37.0 Å². The molecule has 1 aromatic rings. The minimum atomic E-state index is -1.01. The van der Waals surface area contributed by atoms with Crippen molar-refractivity contribution in [2.45, 2.75) is 174 Å². The third-order valence-electron chi connectivity index (χ3n) is 10.9. The highest BCUT2D eigenvalue weighted by Gasteiger charge is 2.52. The van der Waals surface area contributed by atoms with Gasteiger partial charge < -0.3 is 40.5 Å². The lowest BCUT2D eigenvalue weighted by molar-refractivity contribution is -0.148. The van der Waals surface area contributed by atoms with Gasteiger partial charge in [-0.25, -0.2) is 4.79 Å². The van der Waals surface area contributed by atoms with Crippen molar-refractivity contribution in [2.75, 3.05) is 39.0 Å². The molecule has 0 spiro atoms. The zero-order valence-electron chi connectivity index (χ0n) is 40.1. The van der Waals surface area contributed by atoms with Crippen molar-refractivity contribution in [2.24, 2.45) is 5.73 Å². The molecule has 1 saturated heterocycles. The number of aliphatic carboxylic acids is 1. The van der Waals surface area contributed by atoms with E-state index in [0.717, 1.165) is 55.3 Å². The first-order valence-electron chi connectivity index (χ1n) is 21.9. The number of methoxy groups -OCH3 is 1. The third kappa shape index (κ3) is 24.1. The Morgan fingerprint density at radius 3 is 2.37 bits per heavy atom. The van der Waals surface area contributed by atoms with Crippen molar-refractivity contribution in [3.8, 4) is 0 Å². The van der Waals surface area contributed by atoms with Gasteiger partial charge >= 0.3 is 5.97 Å². The molecule has 0 saturated carbocycles. The zero-order valence-corrected chi connectivity index (χ0v) is 42.5. The normalized spacial score (nSPS) is 22.1. The molecule has 360 valence electrons. The summed E-state index contributed by atoms with van der Waals surface area (Å²) in [6.45, 7) is 16.1. The van der Waals surface area contributed by atoms with E-state index in [1.807, 2.05) is 32.9 Å². The van der Waals surface area contributed by atoms with Gasteiger partial charge in [0, 0.05) is 70.5 Å². The van der Waals surface area contributed by atoms with E-state index in [9.17, 15) is 24.0 Å². The number of unbranched alkanes of at least 4 members (excludes halogenated alkanes) is 2. The van der Waals surface area contributed by atoms with E-state index in [2.05, 4.69) is 51.2 Å². The topological polar surface area (TPSA) is 192 Å². The van der Waals surface area contributed by atoms with E-state index in [0.29, 0.717) is 50.0 Å². The number of amides is 4. The highest BCUT2D eigenvalue weighted by atomic mass is 35.5. The van der Waals surface area contributed by atoms with Crippen LogP contribution in [0.3, 0.4) is 0 Å². The number of halogens is 1. The minimum Gasteiger partial charge on any atom is -0.480 e. The monoisotopic (exact) mass is 942 g/mol. The third-order valence-corrected chi connectivity index (χ3v) is 14.8. The number of fused-ring (bicyclic) bond motifs is 3. The highest BCUT2D eigenvalue weighted by molar-refractivity contribution is 8.77. The van der Waals surface area contributed by atoms with E-state index in [-0.39, 0.29) is 46.3 Å². The molecule has 13 nitrogen and oxygen atoms in total. The largest absolute Gasteiger partial charge is 0.480 e. The lowest BCUT2D eigenvalue weighted by Crippen LogP contribution is -2.40. The average molecular weight is 944 g/mol. The second-order valence-corrected chi connectivity index (χ2v) is 20.4. The molecule has 4 unspecified atom stereocenters. The standard InChI is InChI=1S/C27H37ClN2O4.C14H26N2O4S2.C5H12.CH4O/c1-18-8-6-7-9-21(29-17-31)15-22(33-5)16-24-27(3,34-24)11-10-25(32)30(4)23-14-20(12-18)13-19(2)26(23)28;1-10(13(19)20)16(4)12(18)7-8-14(2,3)22-21-9-5-6-11(15)17;1-3-5-4-2;1-2/h6-8,13-14,17,21-22,24H,9-12,15-16H2,1-5H3,(H,29,31);10H,5-9H2,1-4H3,(H2,15,17)(H,19,20);3-5H2,1-2H3;2H,1H3/b7-6+,18-8+;;;/t;10-;;/m.0../s1. The summed E-state index contributed by atoms with van der Waals surface area (Å²) in [4.78, 5) is 60.6. The van der Waals surface area contributed by atoms with Crippen LogP contribution in [0.5, 0.6) is 0 Å². The second-order valence-electron chi connectivity index (χ2n) is 16.9. The fourth-order valence-corrected chi connectivity index (χ4v) is 9.43. The van der Waals surface area contributed by atoms with Gasteiger partial charge in [-0.3, -0.25) is 19.2 Å². The molecular formula is C47H79ClN4O9S2. The number of aliphatic hydroxyl groups is 1. The lowest BCUT2D eigenvalue weighted by atomic mass is 9.94. The van der Waals surface area contributed by atoms with Crippen molar-refractivity contribution in [1.29, 1.82) is 0 Å².